The standard InChI is InChI=1S/C22H34ClN3O4/c1-22(2)20(29)26(21(30)24(22)3)14-17(18(23)27)16(13-15-9-5-6-10-15)19(28)25-11-7-4-8-12-25/h15-17H,4-14H2,1-3H3/t16-,17-/m1/s1. The zero-order valence-electron chi connectivity index (χ0n) is 18.4. The molecule has 2 saturated heterocycles. The van der Waals surface area contributed by atoms with E-state index in [9.17, 15) is 19.2 Å². The fourth-order valence-corrected chi connectivity index (χ4v) is 5.31. The van der Waals surface area contributed by atoms with Crippen molar-refractivity contribution >= 4 is 34.7 Å². The molecule has 0 N–H and O–H groups in total. The monoisotopic (exact) mass is 439 g/mol. The van der Waals surface area contributed by atoms with E-state index in [1.54, 1.807) is 20.9 Å². The van der Waals surface area contributed by atoms with Gasteiger partial charge in [0.05, 0.1) is 11.8 Å². The Morgan fingerprint density at radius 3 is 2.13 bits per heavy atom. The maximum Gasteiger partial charge on any atom is 0.327 e. The Bertz CT molecular complexity index is 698. The molecule has 3 aliphatic rings. The van der Waals surface area contributed by atoms with E-state index in [0.717, 1.165) is 49.8 Å². The predicted octanol–water partition coefficient (Wildman–Crippen LogP) is 3.25. The van der Waals surface area contributed by atoms with Crippen LogP contribution in [-0.2, 0) is 14.4 Å². The second-order valence-electron chi connectivity index (χ2n) is 9.61. The number of piperidine rings is 1. The fraction of sp³-hybridized carbons (Fsp3) is 0.818. The Balaban J connectivity index is 1.85. The van der Waals surface area contributed by atoms with Crippen LogP contribution < -0.4 is 0 Å². The molecule has 0 aromatic heterocycles. The molecule has 3 fully saturated rings. The molecule has 8 heteroatoms. The Hall–Kier alpha value is -1.63. The number of likely N-dealkylation sites (tertiary alicyclic amines) is 1. The van der Waals surface area contributed by atoms with E-state index in [4.69, 9.17) is 11.6 Å². The first-order chi connectivity index (χ1) is 14.1. The van der Waals surface area contributed by atoms with Gasteiger partial charge in [0, 0.05) is 26.7 Å². The number of carbonyl (C=O) groups excluding carboxylic acids is 4. The highest BCUT2D eigenvalue weighted by Gasteiger charge is 2.51. The minimum absolute atomic E-state index is 0.0488. The number of carbonyl (C=O) groups is 4. The Morgan fingerprint density at radius 1 is 1.03 bits per heavy atom. The largest absolute Gasteiger partial charge is 0.342 e. The molecule has 2 atom stereocenters. The lowest BCUT2D eigenvalue weighted by molar-refractivity contribution is -0.143. The molecule has 0 bridgehead atoms. The average molecular weight is 440 g/mol. The fourth-order valence-electron chi connectivity index (χ4n) is 5.09. The summed E-state index contributed by atoms with van der Waals surface area (Å²) in [5.74, 6) is -1.50. The number of amides is 4. The number of halogens is 1. The summed E-state index contributed by atoms with van der Waals surface area (Å²) in [6, 6.07) is -0.446. The van der Waals surface area contributed by atoms with E-state index >= 15 is 0 Å². The van der Waals surface area contributed by atoms with E-state index in [1.165, 1.54) is 4.90 Å². The highest BCUT2D eigenvalue weighted by molar-refractivity contribution is 6.64. The van der Waals surface area contributed by atoms with Crippen molar-refractivity contribution in [2.45, 2.75) is 70.8 Å². The van der Waals surface area contributed by atoms with Crippen molar-refractivity contribution in [2.24, 2.45) is 17.8 Å². The van der Waals surface area contributed by atoms with Gasteiger partial charge < -0.3 is 9.80 Å². The van der Waals surface area contributed by atoms with Gasteiger partial charge in [-0.1, -0.05) is 25.7 Å². The van der Waals surface area contributed by atoms with Gasteiger partial charge in [-0.3, -0.25) is 19.3 Å². The third-order valence-corrected chi connectivity index (χ3v) is 7.61. The van der Waals surface area contributed by atoms with E-state index < -0.39 is 28.6 Å². The van der Waals surface area contributed by atoms with Gasteiger partial charge in [0.2, 0.25) is 11.1 Å². The lowest BCUT2D eigenvalue weighted by Gasteiger charge is -2.34. The van der Waals surface area contributed by atoms with Crippen molar-refractivity contribution in [1.29, 1.82) is 0 Å². The maximum absolute atomic E-state index is 13.5. The van der Waals surface area contributed by atoms with Crippen LogP contribution in [0.1, 0.15) is 65.2 Å². The number of likely N-dealkylation sites (N-methyl/N-ethyl adjacent to an activating group) is 1. The molecule has 2 aliphatic heterocycles. The first-order valence-electron chi connectivity index (χ1n) is 11.2. The number of nitrogens with zero attached hydrogens (tertiary/aromatic N) is 3. The lowest BCUT2D eigenvalue weighted by atomic mass is 9.82. The van der Waals surface area contributed by atoms with Gasteiger partial charge in [-0.15, -0.1) is 0 Å². The molecule has 0 unspecified atom stereocenters. The van der Waals surface area contributed by atoms with Crippen LogP contribution in [0.25, 0.3) is 0 Å². The molecule has 7 nitrogen and oxygen atoms in total. The number of hydrogen-bond donors (Lipinski definition) is 0. The van der Waals surface area contributed by atoms with Crippen LogP contribution in [-0.4, -0.2) is 70.0 Å². The van der Waals surface area contributed by atoms with Crippen molar-refractivity contribution < 1.29 is 19.2 Å². The van der Waals surface area contributed by atoms with Crippen LogP contribution in [0, 0.1) is 17.8 Å². The molecular weight excluding hydrogens is 406 g/mol. The van der Waals surface area contributed by atoms with Gasteiger partial charge in [0.25, 0.3) is 5.91 Å². The third-order valence-electron chi connectivity index (χ3n) is 7.33. The van der Waals surface area contributed by atoms with E-state index in [2.05, 4.69) is 0 Å². The number of hydrogen-bond acceptors (Lipinski definition) is 4. The minimum Gasteiger partial charge on any atom is -0.342 e. The molecular formula is C22H34ClN3O4. The highest BCUT2D eigenvalue weighted by atomic mass is 35.5. The second-order valence-corrected chi connectivity index (χ2v) is 9.98. The Morgan fingerprint density at radius 2 is 1.63 bits per heavy atom. The van der Waals surface area contributed by atoms with Crippen molar-refractivity contribution in [1.82, 2.24) is 14.7 Å². The molecule has 0 aromatic rings. The summed E-state index contributed by atoms with van der Waals surface area (Å²) in [6.45, 7) is 4.62. The summed E-state index contributed by atoms with van der Waals surface area (Å²) >= 11 is 6.02. The summed E-state index contributed by atoms with van der Waals surface area (Å²) in [5.41, 5.74) is -0.977. The Kier molecular flexibility index (Phi) is 7.10. The molecule has 3 rings (SSSR count). The summed E-state index contributed by atoms with van der Waals surface area (Å²) in [7, 11) is 1.58. The average Bonchev–Trinajstić information content (AvgIpc) is 3.28. The quantitative estimate of drug-likeness (QED) is 0.450. The number of rotatable bonds is 7. The summed E-state index contributed by atoms with van der Waals surface area (Å²) in [4.78, 5) is 55.9. The molecule has 0 radical (unpaired) electrons. The molecule has 0 spiro atoms. The third kappa shape index (κ3) is 4.51. The van der Waals surface area contributed by atoms with Gasteiger partial charge in [0.1, 0.15) is 5.54 Å². The van der Waals surface area contributed by atoms with Crippen molar-refractivity contribution in [3.05, 3.63) is 0 Å². The second kappa shape index (κ2) is 9.25. The topological polar surface area (TPSA) is 78.0 Å². The van der Waals surface area contributed by atoms with Crippen LogP contribution >= 0.6 is 11.6 Å². The van der Waals surface area contributed by atoms with Gasteiger partial charge in [-0.2, -0.15) is 0 Å². The van der Waals surface area contributed by atoms with Crippen molar-refractivity contribution in [2.75, 3.05) is 26.7 Å². The first-order valence-corrected chi connectivity index (χ1v) is 11.6. The lowest BCUT2D eigenvalue weighted by Crippen LogP contribution is -2.48. The summed E-state index contributed by atoms with van der Waals surface area (Å²) < 4.78 is 0. The summed E-state index contributed by atoms with van der Waals surface area (Å²) in [6.07, 6.45) is 7.98. The predicted molar refractivity (Wildman–Crippen MR) is 114 cm³/mol. The minimum atomic E-state index is -0.977. The van der Waals surface area contributed by atoms with E-state index in [1.807, 2.05) is 4.90 Å². The highest BCUT2D eigenvalue weighted by Crippen LogP contribution is 2.36. The van der Waals surface area contributed by atoms with Gasteiger partial charge in [-0.05, 0) is 57.0 Å². The van der Waals surface area contributed by atoms with Gasteiger partial charge in [-0.25, -0.2) is 4.79 Å². The van der Waals surface area contributed by atoms with Crippen LogP contribution in [0.4, 0.5) is 4.79 Å². The van der Waals surface area contributed by atoms with Crippen molar-refractivity contribution in [3.8, 4) is 0 Å². The normalized spacial score (nSPS) is 24.5. The molecule has 2 heterocycles. The van der Waals surface area contributed by atoms with Crippen LogP contribution in [0.2, 0.25) is 0 Å². The Labute approximate surface area is 184 Å². The smallest absolute Gasteiger partial charge is 0.327 e. The molecule has 4 amide bonds. The molecule has 1 aliphatic carbocycles. The van der Waals surface area contributed by atoms with E-state index in [-0.39, 0.29) is 18.4 Å². The van der Waals surface area contributed by atoms with Crippen molar-refractivity contribution in [3.63, 3.8) is 0 Å². The SMILES string of the molecule is CN1C(=O)N(C[C@@H](C(=O)Cl)[C@@H](CC2CCCC2)C(=O)N2CCCCC2)C(=O)C1(C)C. The van der Waals surface area contributed by atoms with Crippen LogP contribution in [0.3, 0.4) is 0 Å². The van der Waals surface area contributed by atoms with Gasteiger partial charge in [0.15, 0.2) is 0 Å². The van der Waals surface area contributed by atoms with Crippen LogP contribution in [0.5, 0.6) is 0 Å². The zero-order chi connectivity index (χ0) is 22.1. The zero-order valence-corrected chi connectivity index (χ0v) is 19.1. The molecule has 30 heavy (non-hydrogen) atoms. The van der Waals surface area contributed by atoms with Gasteiger partial charge >= 0.3 is 6.03 Å². The summed E-state index contributed by atoms with van der Waals surface area (Å²) in [5, 5.41) is -0.642. The number of urea groups is 1. The number of imide groups is 1. The molecule has 0 aromatic carbocycles. The maximum atomic E-state index is 13.5. The molecule has 1 saturated carbocycles. The van der Waals surface area contributed by atoms with E-state index in [0.29, 0.717) is 25.4 Å². The molecule has 168 valence electrons. The first kappa shape index (κ1) is 23.0. The van der Waals surface area contributed by atoms with Crippen LogP contribution in [0.15, 0.2) is 0 Å².